The van der Waals surface area contributed by atoms with Gasteiger partial charge in [-0.05, 0) is 82.9 Å². The van der Waals surface area contributed by atoms with Gasteiger partial charge in [-0.3, -0.25) is 0 Å². The van der Waals surface area contributed by atoms with Crippen LogP contribution in [0.25, 0.3) is 111 Å². The van der Waals surface area contributed by atoms with Crippen molar-refractivity contribution in [2.24, 2.45) is 0 Å². The van der Waals surface area contributed by atoms with Crippen molar-refractivity contribution >= 4 is 43.6 Å². The largest absolute Gasteiger partial charge is 0.309 e. The van der Waals surface area contributed by atoms with Gasteiger partial charge < -0.3 is 9.13 Å². The normalized spacial score (nSPS) is 11.5. The molecule has 0 saturated carbocycles. The van der Waals surface area contributed by atoms with Gasteiger partial charge in [0.1, 0.15) is 0 Å². The Kier molecular flexibility index (Phi) is 8.46. The van der Waals surface area contributed by atoms with E-state index in [1.54, 1.807) is 0 Å². The SMILES string of the molecule is c1ccc(-c2cc(-c3ccc(-c4ccc(-n5c6ccccc6c6cc(-c7ccc8c9ccccc9n(-c9ccccc9)c8c7)ccc65)cc4)cc3)nc(-c3ccccc3)n2)cc1. The lowest BCUT2D eigenvalue weighted by molar-refractivity contribution is 1.18. The fourth-order valence-electron chi connectivity index (χ4n) is 9.14. The van der Waals surface area contributed by atoms with Crippen molar-refractivity contribution in [3.63, 3.8) is 0 Å². The number of benzene rings is 9. The summed E-state index contributed by atoms with van der Waals surface area (Å²) >= 11 is 0. The molecule has 0 aliphatic heterocycles. The Bertz CT molecular complexity index is 3530. The maximum absolute atomic E-state index is 5.03. The Morgan fingerprint density at radius 2 is 0.661 bits per heavy atom. The van der Waals surface area contributed by atoms with Crippen LogP contribution in [0.3, 0.4) is 0 Å². The van der Waals surface area contributed by atoms with E-state index in [0.29, 0.717) is 5.82 Å². The fourth-order valence-corrected chi connectivity index (χ4v) is 9.14. The monoisotopic (exact) mass is 790 g/mol. The van der Waals surface area contributed by atoms with Gasteiger partial charge in [-0.25, -0.2) is 9.97 Å². The van der Waals surface area contributed by atoms with E-state index in [1.165, 1.54) is 54.7 Å². The van der Waals surface area contributed by atoms with Crippen LogP contribution < -0.4 is 0 Å². The highest BCUT2D eigenvalue weighted by atomic mass is 15.0. The molecule has 0 saturated heterocycles. The van der Waals surface area contributed by atoms with Crippen LogP contribution in [0.2, 0.25) is 0 Å². The molecule has 290 valence electrons. The van der Waals surface area contributed by atoms with Crippen molar-refractivity contribution in [3.8, 4) is 67.5 Å². The molecule has 4 nitrogen and oxygen atoms in total. The maximum Gasteiger partial charge on any atom is 0.160 e. The van der Waals surface area contributed by atoms with Crippen molar-refractivity contribution in [2.45, 2.75) is 0 Å². The summed E-state index contributed by atoms with van der Waals surface area (Å²) in [6, 6.07) is 82.2. The van der Waals surface area contributed by atoms with Crippen LogP contribution in [0.5, 0.6) is 0 Å². The summed E-state index contributed by atoms with van der Waals surface area (Å²) in [6.45, 7) is 0. The highest BCUT2D eigenvalue weighted by molar-refractivity contribution is 6.12. The van der Waals surface area contributed by atoms with Crippen LogP contribution in [0.1, 0.15) is 0 Å². The van der Waals surface area contributed by atoms with E-state index in [-0.39, 0.29) is 0 Å². The summed E-state index contributed by atoms with van der Waals surface area (Å²) in [4.78, 5) is 10.00. The van der Waals surface area contributed by atoms with Crippen LogP contribution in [0.4, 0.5) is 0 Å². The molecular formula is C58H38N4. The highest BCUT2D eigenvalue weighted by Crippen LogP contribution is 2.39. The van der Waals surface area contributed by atoms with Gasteiger partial charge in [0.2, 0.25) is 0 Å². The Labute approximate surface area is 359 Å². The van der Waals surface area contributed by atoms with Gasteiger partial charge >= 0.3 is 0 Å². The highest BCUT2D eigenvalue weighted by Gasteiger charge is 2.17. The molecule has 0 unspecified atom stereocenters. The summed E-state index contributed by atoms with van der Waals surface area (Å²) in [7, 11) is 0. The van der Waals surface area contributed by atoms with Crippen LogP contribution in [0, 0.1) is 0 Å². The lowest BCUT2D eigenvalue weighted by Crippen LogP contribution is -1.96. The molecule has 0 atom stereocenters. The molecule has 4 heteroatoms. The first kappa shape index (κ1) is 35.6. The molecule has 0 radical (unpaired) electrons. The number of aromatic nitrogens is 4. The number of nitrogens with zero attached hydrogens (tertiary/aromatic N) is 4. The Hall–Kier alpha value is -8.34. The van der Waals surface area contributed by atoms with Crippen molar-refractivity contribution in [1.29, 1.82) is 0 Å². The summed E-state index contributed by atoms with van der Waals surface area (Å²) in [5.74, 6) is 0.715. The lowest BCUT2D eigenvalue weighted by Gasteiger charge is -2.11. The van der Waals surface area contributed by atoms with Gasteiger partial charge in [-0.15, -0.1) is 0 Å². The van der Waals surface area contributed by atoms with E-state index < -0.39 is 0 Å². The third kappa shape index (κ3) is 6.08. The molecule has 0 N–H and O–H groups in total. The van der Waals surface area contributed by atoms with E-state index in [0.717, 1.165) is 50.6 Å². The molecule has 0 aliphatic carbocycles. The zero-order valence-corrected chi connectivity index (χ0v) is 33.7. The van der Waals surface area contributed by atoms with Gasteiger partial charge in [0.25, 0.3) is 0 Å². The number of hydrogen-bond acceptors (Lipinski definition) is 2. The molecule has 0 aliphatic rings. The van der Waals surface area contributed by atoms with Crippen LogP contribution in [-0.4, -0.2) is 19.1 Å². The third-order valence-electron chi connectivity index (χ3n) is 12.2. The number of para-hydroxylation sites is 3. The molecule has 12 aromatic rings. The minimum Gasteiger partial charge on any atom is -0.309 e. The Balaban J connectivity index is 0.889. The van der Waals surface area contributed by atoms with E-state index in [9.17, 15) is 0 Å². The van der Waals surface area contributed by atoms with Crippen LogP contribution in [0.15, 0.2) is 231 Å². The average Bonchev–Trinajstić information content (AvgIpc) is 3.87. The predicted octanol–water partition coefficient (Wildman–Crippen LogP) is 15.0. The van der Waals surface area contributed by atoms with Crippen LogP contribution in [-0.2, 0) is 0 Å². The van der Waals surface area contributed by atoms with Crippen molar-refractivity contribution < 1.29 is 0 Å². The molecule has 0 bridgehead atoms. The third-order valence-corrected chi connectivity index (χ3v) is 12.2. The topological polar surface area (TPSA) is 35.6 Å². The second kappa shape index (κ2) is 14.7. The first-order valence-electron chi connectivity index (χ1n) is 21.1. The predicted molar refractivity (Wildman–Crippen MR) is 258 cm³/mol. The molecule has 0 amide bonds. The second-order valence-electron chi connectivity index (χ2n) is 15.8. The van der Waals surface area contributed by atoms with Crippen molar-refractivity contribution in [1.82, 2.24) is 19.1 Å². The molecule has 3 aromatic heterocycles. The molecule has 0 spiro atoms. The number of fused-ring (bicyclic) bond motifs is 6. The molecule has 12 rings (SSSR count). The van der Waals surface area contributed by atoms with Gasteiger partial charge in [-0.1, -0.05) is 170 Å². The van der Waals surface area contributed by atoms with Crippen molar-refractivity contribution in [2.75, 3.05) is 0 Å². The molecule has 0 fully saturated rings. The van der Waals surface area contributed by atoms with E-state index >= 15 is 0 Å². The van der Waals surface area contributed by atoms with E-state index in [4.69, 9.17) is 9.97 Å². The van der Waals surface area contributed by atoms with E-state index in [2.05, 4.69) is 203 Å². The van der Waals surface area contributed by atoms with Crippen molar-refractivity contribution in [3.05, 3.63) is 231 Å². The van der Waals surface area contributed by atoms with Gasteiger partial charge in [0.05, 0.1) is 33.5 Å². The summed E-state index contributed by atoms with van der Waals surface area (Å²) in [5.41, 5.74) is 16.7. The molecule has 9 aromatic carbocycles. The van der Waals surface area contributed by atoms with Gasteiger partial charge in [0, 0.05) is 49.6 Å². The molecule has 62 heavy (non-hydrogen) atoms. The van der Waals surface area contributed by atoms with Gasteiger partial charge in [-0.2, -0.15) is 0 Å². The quantitative estimate of drug-likeness (QED) is 0.161. The summed E-state index contributed by atoms with van der Waals surface area (Å²) in [6.07, 6.45) is 0. The van der Waals surface area contributed by atoms with E-state index in [1.807, 2.05) is 36.4 Å². The zero-order chi connectivity index (χ0) is 41.0. The van der Waals surface area contributed by atoms with Gasteiger partial charge in [0.15, 0.2) is 5.82 Å². The lowest BCUT2D eigenvalue weighted by atomic mass is 10.0. The fraction of sp³-hybridized carbons (Fsp3) is 0. The molecular weight excluding hydrogens is 753 g/mol. The first-order valence-corrected chi connectivity index (χ1v) is 21.1. The smallest absolute Gasteiger partial charge is 0.160 e. The second-order valence-corrected chi connectivity index (χ2v) is 15.8. The Morgan fingerprint density at radius 1 is 0.242 bits per heavy atom. The minimum atomic E-state index is 0.715. The maximum atomic E-state index is 5.03. The zero-order valence-electron chi connectivity index (χ0n) is 33.7. The summed E-state index contributed by atoms with van der Waals surface area (Å²) in [5, 5.41) is 4.99. The summed E-state index contributed by atoms with van der Waals surface area (Å²) < 4.78 is 4.78. The standard InChI is InChI=1S/C58H38N4/c1-4-14-41(15-5-1)52-38-53(60-58(59-52)43-16-6-2-7-17-43)42-26-24-39(25-27-42)40-28-32-47(33-29-40)61-55-23-13-11-21-49(55)51-36-44(31-35-56(51)61)45-30-34-50-48-20-10-12-22-54(48)62(57(50)37-45)46-18-8-3-9-19-46/h1-38H. The number of rotatable bonds is 7. The molecule has 3 heterocycles. The average molecular weight is 791 g/mol. The number of hydrogen-bond donors (Lipinski definition) is 0. The van der Waals surface area contributed by atoms with Crippen LogP contribution >= 0.6 is 0 Å². The Morgan fingerprint density at radius 3 is 1.32 bits per heavy atom. The first-order chi connectivity index (χ1) is 30.7. The minimum absolute atomic E-state index is 0.715.